The first kappa shape index (κ1) is 15.0. The van der Waals surface area contributed by atoms with Crippen LogP contribution in [-0.2, 0) is 0 Å². The van der Waals surface area contributed by atoms with Gasteiger partial charge in [-0.05, 0) is 30.3 Å². The molecule has 0 fully saturated rings. The van der Waals surface area contributed by atoms with E-state index < -0.39 is 0 Å². The number of nitrogens with zero attached hydrogens (tertiary/aromatic N) is 3. The molecule has 0 aliphatic rings. The number of benzene rings is 1. The summed E-state index contributed by atoms with van der Waals surface area (Å²) in [6.45, 7) is 0. The Balaban J connectivity index is 1.60. The predicted octanol–water partition coefficient (Wildman–Crippen LogP) is 4.88. The monoisotopic (exact) mass is 361 g/mol. The van der Waals surface area contributed by atoms with Crippen LogP contribution in [0.15, 0.2) is 61.2 Å². The largest absolute Gasteiger partial charge is 0.353 e. The van der Waals surface area contributed by atoms with Gasteiger partial charge in [-0.25, -0.2) is 9.97 Å². The van der Waals surface area contributed by atoms with Crippen molar-refractivity contribution in [3.63, 3.8) is 0 Å². The maximum Gasteiger partial charge on any atom is 0.176 e. The molecule has 5 aromatic rings. The number of H-pyrrole nitrogens is 2. The fourth-order valence-electron chi connectivity index (χ4n) is 3.01. The molecule has 126 valence electrons. The average Bonchev–Trinajstić information content (AvgIpc) is 3.40. The van der Waals surface area contributed by atoms with Crippen LogP contribution in [0.1, 0.15) is 0 Å². The first-order chi connectivity index (χ1) is 12.8. The Labute approximate surface area is 151 Å². The summed E-state index contributed by atoms with van der Waals surface area (Å²) in [7, 11) is 0. The van der Waals surface area contributed by atoms with E-state index >= 15 is 0 Å². The summed E-state index contributed by atoms with van der Waals surface area (Å²) in [5.41, 5.74) is 5.41. The van der Waals surface area contributed by atoms with Gasteiger partial charge in [-0.2, -0.15) is 9.49 Å². The Morgan fingerprint density at radius 3 is 2.65 bits per heavy atom. The molecular weight excluding hydrogens is 349 g/mol. The van der Waals surface area contributed by atoms with E-state index in [0.717, 1.165) is 55.3 Å². The molecule has 0 aliphatic carbocycles. The predicted molar refractivity (Wildman–Crippen MR) is 100 cm³/mol. The molecule has 0 saturated heterocycles. The van der Waals surface area contributed by atoms with Crippen LogP contribution in [0.5, 0.6) is 0 Å². The summed E-state index contributed by atoms with van der Waals surface area (Å²) in [4.78, 5) is 12.4. The highest BCUT2D eigenvalue weighted by atomic mass is 32.1. The standard InChI is InChI=1S/C19H12FN5S/c20-19-5-4-18(26-19)12-2-1-3-14-13(12)6-16(23-14)17-7-15(24-25-17)11-8-21-10-22-9-11/h1-10,23H,(H,24,25). The van der Waals surface area contributed by atoms with Gasteiger partial charge < -0.3 is 4.98 Å². The van der Waals surface area contributed by atoms with E-state index in [2.05, 4.69) is 31.2 Å². The number of thiophene rings is 1. The van der Waals surface area contributed by atoms with Crippen molar-refractivity contribution in [1.82, 2.24) is 25.1 Å². The molecule has 0 unspecified atom stereocenters. The lowest BCUT2D eigenvalue weighted by Gasteiger charge is -1.98. The average molecular weight is 361 g/mol. The molecule has 7 heteroatoms. The Bertz CT molecular complexity index is 1210. The molecule has 0 spiro atoms. The lowest BCUT2D eigenvalue weighted by Crippen LogP contribution is -1.81. The molecule has 5 rings (SSSR count). The first-order valence-corrected chi connectivity index (χ1v) is 8.78. The van der Waals surface area contributed by atoms with Gasteiger partial charge in [0.2, 0.25) is 0 Å². The van der Waals surface area contributed by atoms with Crippen molar-refractivity contribution in [2.75, 3.05) is 0 Å². The molecule has 4 heterocycles. The summed E-state index contributed by atoms with van der Waals surface area (Å²) in [6, 6.07) is 13.3. The van der Waals surface area contributed by atoms with E-state index in [4.69, 9.17) is 0 Å². The molecular formula is C19H12FN5S. The van der Waals surface area contributed by atoms with E-state index in [1.165, 1.54) is 12.4 Å². The van der Waals surface area contributed by atoms with Crippen LogP contribution >= 0.6 is 11.3 Å². The van der Waals surface area contributed by atoms with Crippen LogP contribution < -0.4 is 0 Å². The zero-order valence-corrected chi connectivity index (χ0v) is 14.2. The van der Waals surface area contributed by atoms with Gasteiger partial charge in [0.25, 0.3) is 0 Å². The third-order valence-corrected chi connectivity index (χ3v) is 5.13. The van der Waals surface area contributed by atoms with Crippen LogP contribution in [0.25, 0.3) is 44.0 Å². The molecule has 26 heavy (non-hydrogen) atoms. The van der Waals surface area contributed by atoms with Crippen molar-refractivity contribution in [2.24, 2.45) is 0 Å². The lowest BCUT2D eigenvalue weighted by molar-refractivity contribution is 0.657. The van der Waals surface area contributed by atoms with Crippen LogP contribution in [0.4, 0.5) is 4.39 Å². The zero-order valence-electron chi connectivity index (χ0n) is 13.4. The van der Waals surface area contributed by atoms with Gasteiger partial charge in [0.15, 0.2) is 5.13 Å². The second kappa shape index (κ2) is 5.89. The fourth-order valence-corrected chi connectivity index (χ4v) is 3.78. The van der Waals surface area contributed by atoms with E-state index in [9.17, 15) is 4.39 Å². The highest BCUT2D eigenvalue weighted by Crippen LogP contribution is 2.35. The summed E-state index contributed by atoms with van der Waals surface area (Å²) in [6.07, 6.45) is 4.94. The highest BCUT2D eigenvalue weighted by Gasteiger charge is 2.12. The van der Waals surface area contributed by atoms with Crippen molar-refractivity contribution in [3.05, 3.63) is 66.3 Å². The number of rotatable bonds is 3. The normalized spacial score (nSPS) is 11.3. The number of aromatic amines is 2. The topological polar surface area (TPSA) is 70.2 Å². The Hall–Kier alpha value is -3.32. The molecule has 0 amide bonds. The van der Waals surface area contributed by atoms with Crippen molar-refractivity contribution >= 4 is 22.2 Å². The molecule has 0 atom stereocenters. The molecule has 5 nitrogen and oxygen atoms in total. The number of aromatic nitrogens is 5. The zero-order chi connectivity index (χ0) is 17.5. The maximum absolute atomic E-state index is 13.4. The minimum absolute atomic E-state index is 0.184. The van der Waals surface area contributed by atoms with Gasteiger partial charge in [-0.15, -0.1) is 11.3 Å². The van der Waals surface area contributed by atoms with Crippen molar-refractivity contribution in [1.29, 1.82) is 0 Å². The fraction of sp³-hybridized carbons (Fsp3) is 0. The third-order valence-electron chi connectivity index (χ3n) is 4.23. The minimum atomic E-state index is -0.184. The first-order valence-electron chi connectivity index (χ1n) is 7.96. The van der Waals surface area contributed by atoms with E-state index in [0.29, 0.717) is 0 Å². The molecule has 4 aromatic heterocycles. The molecule has 2 N–H and O–H groups in total. The van der Waals surface area contributed by atoms with Crippen LogP contribution in [-0.4, -0.2) is 25.1 Å². The van der Waals surface area contributed by atoms with Gasteiger partial charge in [0.1, 0.15) is 6.33 Å². The SMILES string of the molecule is Fc1ccc(-c2cccc3[nH]c(-c4cc(-c5cncnc5)n[nH]4)cc23)s1. The number of hydrogen-bond acceptors (Lipinski definition) is 4. The second-order valence-corrected chi connectivity index (χ2v) is 6.88. The molecule has 0 radical (unpaired) electrons. The smallest absolute Gasteiger partial charge is 0.176 e. The number of fused-ring (bicyclic) bond motifs is 1. The van der Waals surface area contributed by atoms with Gasteiger partial charge in [0, 0.05) is 39.3 Å². The third kappa shape index (κ3) is 2.49. The van der Waals surface area contributed by atoms with Gasteiger partial charge >= 0.3 is 0 Å². The number of nitrogens with one attached hydrogen (secondary N) is 2. The molecule has 0 aliphatic heterocycles. The van der Waals surface area contributed by atoms with E-state index in [1.807, 2.05) is 30.3 Å². The van der Waals surface area contributed by atoms with E-state index in [-0.39, 0.29) is 5.13 Å². The molecule has 1 aromatic carbocycles. The van der Waals surface area contributed by atoms with E-state index in [1.54, 1.807) is 12.4 Å². The quantitative estimate of drug-likeness (QED) is 0.481. The maximum atomic E-state index is 13.4. The molecule has 0 saturated carbocycles. The molecule has 0 bridgehead atoms. The Kier molecular flexibility index (Phi) is 3.39. The van der Waals surface area contributed by atoms with Crippen molar-refractivity contribution in [2.45, 2.75) is 0 Å². The van der Waals surface area contributed by atoms with Gasteiger partial charge in [-0.3, -0.25) is 5.10 Å². The summed E-state index contributed by atoms with van der Waals surface area (Å²) in [5, 5.41) is 8.26. The van der Waals surface area contributed by atoms with Crippen LogP contribution in [0.3, 0.4) is 0 Å². The summed E-state index contributed by atoms with van der Waals surface area (Å²) in [5.74, 6) is 0. The minimum Gasteiger partial charge on any atom is -0.353 e. The Morgan fingerprint density at radius 2 is 1.85 bits per heavy atom. The van der Waals surface area contributed by atoms with Crippen molar-refractivity contribution in [3.8, 4) is 33.1 Å². The van der Waals surface area contributed by atoms with Gasteiger partial charge in [-0.1, -0.05) is 12.1 Å². The summed E-state index contributed by atoms with van der Waals surface area (Å²) >= 11 is 1.15. The van der Waals surface area contributed by atoms with Crippen molar-refractivity contribution < 1.29 is 4.39 Å². The summed E-state index contributed by atoms with van der Waals surface area (Å²) < 4.78 is 13.4. The lowest BCUT2D eigenvalue weighted by atomic mass is 10.1. The number of hydrogen-bond donors (Lipinski definition) is 2. The number of halogens is 1. The highest BCUT2D eigenvalue weighted by molar-refractivity contribution is 7.14. The van der Waals surface area contributed by atoms with Crippen LogP contribution in [0.2, 0.25) is 0 Å². The van der Waals surface area contributed by atoms with Crippen LogP contribution in [0, 0.1) is 5.13 Å². The Morgan fingerprint density at radius 1 is 0.962 bits per heavy atom. The second-order valence-electron chi connectivity index (χ2n) is 5.85. The van der Waals surface area contributed by atoms with Gasteiger partial charge in [0.05, 0.1) is 17.1 Å².